The molecule has 4 N–H and O–H groups in total. The maximum absolute atomic E-state index is 8.54. The summed E-state index contributed by atoms with van der Waals surface area (Å²) in [7, 11) is 0. The van der Waals surface area contributed by atoms with Crippen LogP contribution in [0, 0.1) is 0 Å². The van der Waals surface area contributed by atoms with Crippen LogP contribution < -0.4 is 5.48 Å². The minimum Gasteiger partial charge on any atom is -0.396 e. The van der Waals surface area contributed by atoms with Gasteiger partial charge in [-0.25, -0.2) is 5.48 Å². The molecule has 0 heterocycles. The van der Waals surface area contributed by atoms with Crippen molar-refractivity contribution in [3.8, 4) is 0 Å². The topological polar surface area (TPSA) is 72.7 Å². The summed E-state index contributed by atoms with van der Waals surface area (Å²) >= 11 is 0. The molecule has 0 spiro atoms. The van der Waals surface area contributed by atoms with Crippen LogP contribution in [-0.2, 0) is 0 Å². The van der Waals surface area contributed by atoms with E-state index in [0.717, 1.165) is 12.8 Å². The molecule has 0 aliphatic carbocycles. The molecule has 0 aliphatic rings. The van der Waals surface area contributed by atoms with Crippen molar-refractivity contribution in [1.29, 1.82) is 0 Å². The number of hydrogen-bond acceptors (Lipinski definition) is 4. The van der Waals surface area contributed by atoms with E-state index < -0.39 is 0 Å². The maximum Gasteiger partial charge on any atom is 0.0607 e. The van der Waals surface area contributed by atoms with Gasteiger partial charge < -0.3 is 15.4 Å². The van der Waals surface area contributed by atoms with Crippen molar-refractivity contribution in [3.05, 3.63) is 0 Å². The van der Waals surface area contributed by atoms with Gasteiger partial charge in [-0.2, -0.15) is 0 Å². The lowest BCUT2D eigenvalue weighted by atomic mass is 10.1. The fraction of sp³-hybridized carbons (Fsp3) is 1.00. The Morgan fingerprint density at radius 2 is 1.90 bits per heavy atom. The van der Waals surface area contributed by atoms with E-state index in [-0.39, 0.29) is 19.3 Å². The van der Waals surface area contributed by atoms with Crippen molar-refractivity contribution in [1.82, 2.24) is 5.48 Å². The minimum atomic E-state index is -0.244. The van der Waals surface area contributed by atoms with Crippen molar-refractivity contribution in [2.24, 2.45) is 0 Å². The first-order valence-electron chi connectivity index (χ1n) is 3.46. The first-order valence-corrected chi connectivity index (χ1v) is 3.46. The summed E-state index contributed by atoms with van der Waals surface area (Å²) in [4.78, 5) is 0. The summed E-state index contributed by atoms with van der Waals surface area (Å²) in [6, 6.07) is -0.244. The lowest BCUT2D eigenvalue weighted by Crippen LogP contribution is -2.29. The van der Waals surface area contributed by atoms with Gasteiger partial charge in [-0.3, -0.25) is 0 Å². The Labute approximate surface area is 60.5 Å². The second-order valence-electron chi connectivity index (χ2n) is 2.23. The normalized spacial score (nSPS) is 13.5. The first kappa shape index (κ1) is 9.84. The van der Waals surface area contributed by atoms with Crippen molar-refractivity contribution >= 4 is 0 Å². The smallest absolute Gasteiger partial charge is 0.0607 e. The molecule has 0 aromatic carbocycles. The molecule has 0 aromatic rings. The number of hydrogen-bond donors (Lipinski definition) is 4. The van der Waals surface area contributed by atoms with Gasteiger partial charge in [0.15, 0.2) is 0 Å². The van der Waals surface area contributed by atoms with Crippen LogP contribution >= 0.6 is 0 Å². The molecule has 4 heteroatoms. The standard InChI is InChI=1S/C6H15NO3/c8-4-2-1-3-6(5-9)7-10/h6-10H,1-5H2. The number of aliphatic hydroxyl groups excluding tert-OH is 2. The number of hydroxylamine groups is 1. The van der Waals surface area contributed by atoms with E-state index in [9.17, 15) is 0 Å². The van der Waals surface area contributed by atoms with E-state index in [2.05, 4.69) is 0 Å². The van der Waals surface area contributed by atoms with Crippen LogP contribution in [-0.4, -0.2) is 34.7 Å². The van der Waals surface area contributed by atoms with Gasteiger partial charge in [-0.1, -0.05) is 0 Å². The van der Waals surface area contributed by atoms with Gasteiger partial charge in [-0.15, -0.1) is 0 Å². The second kappa shape index (κ2) is 6.95. The number of rotatable bonds is 6. The third-order valence-electron chi connectivity index (χ3n) is 1.36. The minimum absolute atomic E-state index is 0.0675. The summed E-state index contributed by atoms with van der Waals surface area (Å²) < 4.78 is 0. The van der Waals surface area contributed by atoms with Crippen LogP contribution in [0.15, 0.2) is 0 Å². The molecular formula is C6H15NO3. The summed E-state index contributed by atoms with van der Waals surface area (Å²) in [6.07, 6.45) is 2.22. The fourth-order valence-corrected chi connectivity index (χ4v) is 0.699. The molecule has 0 aliphatic heterocycles. The van der Waals surface area contributed by atoms with Gasteiger partial charge in [0.05, 0.1) is 12.6 Å². The highest BCUT2D eigenvalue weighted by atomic mass is 16.5. The molecule has 0 rings (SSSR count). The van der Waals surface area contributed by atoms with Crippen molar-refractivity contribution in [2.45, 2.75) is 25.3 Å². The zero-order chi connectivity index (χ0) is 7.82. The Bertz CT molecular complexity index is 66.0. The molecule has 0 amide bonds. The van der Waals surface area contributed by atoms with Gasteiger partial charge in [0.1, 0.15) is 0 Å². The molecule has 62 valence electrons. The zero-order valence-corrected chi connectivity index (χ0v) is 5.95. The number of unbranched alkanes of at least 4 members (excludes halogenated alkanes) is 1. The van der Waals surface area contributed by atoms with Crippen LogP contribution in [0.25, 0.3) is 0 Å². The lowest BCUT2D eigenvalue weighted by Gasteiger charge is -2.09. The van der Waals surface area contributed by atoms with E-state index in [1.807, 2.05) is 5.48 Å². The second-order valence-corrected chi connectivity index (χ2v) is 2.23. The van der Waals surface area contributed by atoms with E-state index in [1.165, 1.54) is 0 Å². The van der Waals surface area contributed by atoms with Crippen LogP contribution in [0.2, 0.25) is 0 Å². The summed E-state index contributed by atoms with van der Waals surface area (Å²) in [5.41, 5.74) is 1.98. The molecule has 0 radical (unpaired) electrons. The fourth-order valence-electron chi connectivity index (χ4n) is 0.699. The Balaban J connectivity index is 3.09. The average Bonchev–Trinajstić information content (AvgIpc) is 1.99. The third kappa shape index (κ3) is 4.69. The van der Waals surface area contributed by atoms with Gasteiger partial charge in [-0.05, 0) is 19.3 Å². The van der Waals surface area contributed by atoms with Crippen LogP contribution in [0.3, 0.4) is 0 Å². The van der Waals surface area contributed by atoms with E-state index in [1.54, 1.807) is 0 Å². The molecule has 0 bridgehead atoms. The highest BCUT2D eigenvalue weighted by molar-refractivity contribution is 4.58. The van der Waals surface area contributed by atoms with E-state index in [4.69, 9.17) is 15.4 Å². The monoisotopic (exact) mass is 149 g/mol. The zero-order valence-electron chi connectivity index (χ0n) is 5.95. The third-order valence-corrected chi connectivity index (χ3v) is 1.36. The molecule has 0 aromatic heterocycles. The first-order chi connectivity index (χ1) is 4.85. The highest BCUT2D eigenvalue weighted by Gasteiger charge is 2.02. The van der Waals surface area contributed by atoms with Crippen molar-refractivity contribution in [2.75, 3.05) is 13.2 Å². The quantitative estimate of drug-likeness (QED) is 0.303. The molecule has 0 fully saturated rings. The summed E-state index contributed by atoms with van der Waals surface area (Å²) in [6.45, 7) is 0.103. The molecule has 4 nitrogen and oxygen atoms in total. The van der Waals surface area contributed by atoms with Crippen molar-refractivity contribution in [3.63, 3.8) is 0 Å². The average molecular weight is 149 g/mol. The Morgan fingerprint density at radius 3 is 2.30 bits per heavy atom. The molecule has 1 atom stereocenters. The predicted octanol–water partition coefficient (Wildman–Crippen LogP) is -0.511. The van der Waals surface area contributed by atoms with Gasteiger partial charge >= 0.3 is 0 Å². The largest absolute Gasteiger partial charge is 0.396 e. The van der Waals surface area contributed by atoms with Gasteiger partial charge in [0.25, 0.3) is 0 Å². The molecule has 0 saturated carbocycles. The maximum atomic E-state index is 8.54. The Hall–Kier alpha value is -0.160. The summed E-state index contributed by atoms with van der Waals surface area (Å²) in [5, 5.41) is 25.3. The summed E-state index contributed by atoms with van der Waals surface area (Å²) in [5.74, 6) is 0. The molecular weight excluding hydrogens is 134 g/mol. The van der Waals surface area contributed by atoms with Gasteiger partial charge in [0, 0.05) is 6.61 Å². The highest BCUT2D eigenvalue weighted by Crippen LogP contribution is 1.98. The van der Waals surface area contributed by atoms with Crippen LogP contribution in [0.1, 0.15) is 19.3 Å². The number of aliphatic hydroxyl groups is 2. The van der Waals surface area contributed by atoms with Gasteiger partial charge in [0.2, 0.25) is 0 Å². The van der Waals surface area contributed by atoms with Crippen LogP contribution in [0.5, 0.6) is 0 Å². The van der Waals surface area contributed by atoms with E-state index >= 15 is 0 Å². The molecule has 1 unspecified atom stereocenters. The predicted molar refractivity (Wildman–Crippen MR) is 36.7 cm³/mol. The lowest BCUT2D eigenvalue weighted by molar-refractivity contribution is 0.0842. The van der Waals surface area contributed by atoms with E-state index in [0.29, 0.717) is 6.42 Å². The SMILES string of the molecule is OCCCCC(CO)NO. The molecule has 0 saturated heterocycles. The molecule has 10 heavy (non-hydrogen) atoms. The Morgan fingerprint density at radius 1 is 1.20 bits per heavy atom. The van der Waals surface area contributed by atoms with Crippen molar-refractivity contribution < 1.29 is 15.4 Å². The van der Waals surface area contributed by atoms with Crippen LogP contribution in [0.4, 0.5) is 0 Å². The Kier molecular flexibility index (Phi) is 6.84. The number of nitrogens with one attached hydrogen (secondary N) is 1.